The Labute approximate surface area is 242 Å². The van der Waals surface area contributed by atoms with Gasteiger partial charge in [0.1, 0.15) is 5.60 Å². The highest BCUT2D eigenvalue weighted by molar-refractivity contribution is 7.91. The molecular weight excluding hydrogens is 566 g/mol. The summed E-state index contributed by atoms with van der Waals surface area (Å²) < 4.78 is 32.8. The highest BCUT2D eigenvalue weighted by Crippen LogP contribution is 2.41. The minimum atomic E-state index is -3.72. The fourth-order valence-electron chi connectivity index (χ4n) is 4.80. The van der Waals surface area contributed by atoms with E-state index in [0.717, 1.165) is 18.4 Å². The van der Waals surface area contributed by atoms with Gasteiger partial charge >= 0.3 is 6.09 Å². The molecule has 0 saturated carbocycles. The first kappa shape index (κ1) is 30.2. The number of likely N-dealkylation sites (tertiary alicyclic amines) is 1. The Balaban J connectivity index is 1.62. The van der Waals surface area contributed by atoms with Gasteiger partial charge in [0.2, 0.25) is 0 Å². The van der Waals surface area contributed by atoms with E-state index in [1.165, 1.54) is 5.56 Å². The smallest absolute Gasteiger partial charge is 0.410 e. The molecule has 216 valence electrons. The van der Waals surface area contributed by atoms with Crippen LogP contribution in [0.25, 0.3) is 22.5 Å². The second-order valence-electron chi connectivity index (χ2n) is 12.5. The van der Waals surface area contributed by atoms with Crippen molar-refractivity contribution in [3.63, 3.8) is 0 Å². The average Bonchev–Trinajstić information content (AvgIpc) is 3.41. The van der Waals surface area contributed by atoms with Gasteiger partial charge in [0.25, 0.3) is 0 Å². The Morgan fingerprint density at radius 1 is 1.10 bits per heavy atom. The Morgan fingerprint density at radius 3 is 2.30 bits per heavy atom. The number of carbonyl (C=O) groups is 1. The fraction of sp³-hybridized carbons (Fsp3) is 0.500. The fourth-order valence-corrected chi connectivity index (χ4v) is 9.92. The number of halogens is 1. The topological polar surface area (TPSA) is 118 Å². The van der Waals surface area contributed by atoms with E-state index in [1.54, 1.807) is 11.0 Å². The number of sulfone groups is 1. The van der Waals surface area contributed by atoms with Crippen molar-refractivity contribution < 1.29 is 17.9 Å². The molecule has 0 spiro atoms. The lowest BCUT2D eigenvalue weighted by Crippen LogP contribution is -2.41. The number of hydrogen-bond acceptors (Lipinski definition) is 7. The van der Waals surface area contributed by atoms with Crippen LogP contribution in [0.5, 0.6) is 0 Å². The third-order valence-corrected chi connectivity index (χ3v) is 11.3. The molecule has 1 saturated heterocycles. The van der Waals surface area contributed by atoms with Gasteiger partial charge in [-0.2, -0.15) is 0 Å². The van der Waals surface area contributed by atoms with Crippen molar-refractivity contribution in [1.82, 2.24) is 25.5 Å². The van der Waals surface area contributed by atoms with Crippen LogP contribution in [0.3, 0.4) is 0 Å². The average molecular weight is 604 g/mol. The molecule has 2 aromatic carbocycles. The lowest BCUT2D eigenvalue weighted by atomic mass is 9.88. The molecule has 12 heteroatoms. The number of benzene rings is 2. The van der Waals surface area contributed by atoms with Gasteiger partial charge in [0, 0.05) is 26.7 Å². The maximum atomic E-state index is 13.6. The number of aromatic nitrogens is 4. The van der Waals surface area contributed by atoms with E-state index in [0.29, 0.717) is 36.2 Å². The number of nitrogens with one attached hydrogen (secondary N) is 1. The molecule has 0 bridgehead atoms. The van der Waals surface area contributed by atoms with Gasteiger partial charge in [-0.25, -0.2) is 18.3 Å². The summed E-state index contributed by atoms with van der Waals surface area (Å²) in [6.45, 7) is 13.3. The van der Waals surface area contributed by atoms with E-state index < -0.39 is 23.5 Å². The molecule has 1 aliphatic heterocycles. The zero-order chi connectivity index (χ0) is 29.3. The minimum absolute atomic E-state index is 0.0153. The van der Waals surface area contributed by atoms with E-state index in [1.807, 2.05) is 39.0 Å². The zero-order valence-corrected chi connectivity index (χ0v) is 26.6. The van der Waals surface area contributed by atoms with Crippen LogP contribution in [0.4, 0.5) is 4.79 Å². The minimum Gasteiger partial charge on any atom is -0.444 e. The molecular formula is C28H38ClN5O4SSi. The van der Waals surface area contributed by atoms with Gasteiger partial charge in [-0.15, -0.1) is 5.10 Å². The van der Waals surface area contributed by atoms with Gasteiger partial charge in [0.15, 0.2) is 15.7 Å². The molecule has 1 N–H and O–H groups in total. The summed E-state index contributed by atoms with van der Waals surface area (Å²) in [4.78, 5) is 14.3. The van der Waals surface area contributed by atoms with Crippen LogP contribution < -0.4 is 0 Å². The normalized spacial score (nSPS) is 15.3. The van der Waals surface area contributed by atoms with Crippen LogP contribution >= 0.6 is 11.6 Å². The van der Waals surface area contributed by atoms with Gasteiger partial charge < -0.3 is 9.64 Å². The number of carbonyl (C=O) groups excluding carboxylic acids is 1. The number of piperidine rings is 1. The lowest BCUT2D eigenvalue weighted by Gasteiger charge is -2.33. The van der Waals surface area contributed by atoms with Gasteiger partial charge in [-0.05, 0) is 78.8 Å². The van der Waals surface area contributed by atoms with Gasteiger partial charge in [-0.3, -0.25) is 0 Å². The summed E-state index contributed by atoms with van der Waals surface area (Å²) >= 11 is 6.55. The maximum Gasteiger partial charge on any atom is 0.410 e. The Morgan fingerprint density at radius 2 is 1.75 bits per heavy atom. The van der Waals surface area contributed by atoms with Gasteiger partial charge in [0.05, 0.1) is 15.7 Å². The number of hydrogen-bond donors (Lipinski definition) is 1. The Kier molecular flexibility index (Phi) is 8.77. The predicted octanol–water partition coefficient (Wildman–Crippen LogP) is 6.41. The van der Waals surface area contributed by atoms with E-state index in [4.69, 9.17) is 16.3 Å². The molecule has 40 heavy (non-hydrogen) atoms. The van der Waals surface area contributed by atoms with E-state index in [2.05, 4.69) is 52.4 Å². The Hall–Kier alpha value is -2.76. The second-order valence-corrected chi connectivity index (χ2v) is 20.6. The quantitative estimate of drug-likeness (QED) is 0.310. The van der Waals surface area contributed by atoms with Crippen molar-refractivity contribution in [2.45, 2.75) is 75.7 Å². The van der Waals surface area contributed by atoms with Crippen LogP contribution in [0.15, 0.2) is 41.3 Å². The largest absolute Gasteiger partial charge is 0.444 e. The van der Waals surface area contributed by atoms with Crippen molar-refractivity contribution >= 4 is 35.6 Å². The highest BCUT2D eigenvalue weighted by atomic mass is 35.5. The number of nitrogens with zero attached hydrogens (tertiary/aromatic N) is 4. The first-order chi connectivity index (χ1) is 18.6. The first-order valence-electron chi connectivity index (χ1n) is 13.5. The monoisotopic (exact) mass is 603 g/mol. The lowest BCUT2D eigenvalue weighted by molar-refractivity contribution is 0.0205. The summed E-state index contributed by atoms with van der Waals surface area (Å²) in [6, 6.07) is 12.2. The van der Waals surface area contributed by atoms with Crippen LogP contribution in [0, 0.1) is 0 Å². The zero-order valence-electron chi connectivity index (χ0n) is 24.0. The predicted molar refractivity (Wildman–Crippen MR) is 160 cm³/mol. The molecule has 9 nitrogen and oxygen atoms in total. The molecule has 1 aliphatic rings. The van der Waals surface area contributed by atoms with Crippen molar-refractivity contribution in [3.05, 3.63) is 47.0 Å². The third kappa shape index (κ3) is 7.30. The summed E-state index contributed by atoms with van der Waals surface area (Å²) in [5.74, 6) is 0.581. The summed E-state index contributed by atoms with van der Waals surface area (Å²) in [7, 11) is -5.34. The molecule has 0 atom stereocenters. The molecule has 1 aromatic heterocycles. The molecule has 0 aliphatic carbocycles. The van der Waals surface area contributed by atoms with Crippen LogP contribution in [-0.2, 0) is 14.6 Å². The molecule has 0 unspecified atom stereocenters. The number of tetrazole rings is 1. The first-order valence-corrected chi connectivity index (χ1v) is 19.3. The van der Waals surface area contributed by atoms with Crippen molar-refractivity contribution in [2.75, 3.05) is 18.8 Å². The number of amides is 1. The van der Waals surface area contributed by atoms with Crippen LogP contribution in [0.1, 0.15) is 45.1 Å². The summed E-state index contributed by atoms with van der Waals surface area (Å²) in [6.07, 6.45) is 1.41. The van der Waals surface area contributed by atoms with Crippen LogP contribution in [0.2, 0.25) is 30.7 Å². The number of rotatable bonds is 7. The Bertz CT molecular complexity index is 1440. The SMILES string of the molecule is CC(C)(C)OC(=O)N1CCC(c2ccc(-c3ccc(Cl)c(S(=O)(=O)CC[Si](C)(C)C)c3-c3nnn[nH]3)cc2)CC1. The van der Waals surface area contributed by atoms with E-state index >= 15 is 0 Å². The van der Waals surface area contributed by atoms with Crippen molar-refractivity contribution in [1.29, 1.82) is 0 Å². The maximum absolute atomic E-state index is 13.6. The van der Waals surface area contributed by atoms with E-state index in [9.17, 15) is 13.2 Å². The molecule has 4 rings (SSSR count). The standard InChI is InChI=1S/C28H38ClN5O4SSi/c1-28(2,3)38-27(35)34-15-13-20(14-16-34)19-7-9-21(10-8-19)22-11-12-23(29)25(24(22)26-30-32-33-31-26)39(36,37)17-18-40(4,5)6/h7-12,20H,13-18H2,1-6H3,(H,30,31,32,33). The van der Waals surface area contributed by atoms with Crippen molar-refractivity contribution in [3.8, 4) is 22.5 Å². The number of H-pyrrole nitrogens is 1. The molecule has 2 heterocycles. The number of aromatic amines is 1. The van der Waals surface area contributed by atoms with Gasteiger partial charge in [-0.1, -0.05) is 61.6 Å². The van der Waals surface area contributed by atoms with Crippen molar-refractivity contribution in [2.24, 2.45) is 0 Å². The van der Waals surface area contributed by atoms with E-state index in [-0.39, 0.29) is 27.6 Å². The van der Waals surface area contributed by atoms with Crippen LogP contribution in [-0.4, -0.2) is 72.6 Å². The highest BCUT2D eigenvalue weighted by Gasteiger charge is 2.30. The molecule has 0 radical (unpaired) electrons. The number of ether oxygens (including phenoxy) is 1. The second kappa shape index (κ2) is 11.6. The summed E-state index contributed by atoms with van der Waals surface area (Å²) in [5, 5.41) is 14.3. The summed E-state index contributed by atoms with van der Waals surface area (Å²) in [5.41, 5.74) is 2.55. The molecule has 3 aromatic rings. The molecule has 1 amide bonds. The molecule has 1 fully saturated rings. The third-order valence-electron chi connectivity index (χ3n) is 6.96.